The SMILES string of the molecule is Cc1cccc(OCC(=O)NC(C(=O)N2CCCc3ccccc32)c2ccccc2)c1. The van der Waals surface area contributed by atoms with Crippen LogP contribution in [0.1, 0.15) is 29.2 Å². The van der Waals surface area contributed by atoms with Crippen molar-refractivity contribution in [2.45, 2.75) is 25.8 Å². The molecule has 4 rings (SSSR count). The van der Waals surface area contributed by atoms with E-state index in [-0.39, 0.29) is 18.4 Å². The van der Waals surface area contributed by atoms with Crippen LogP contribution >= 0.6 is 0 Å². The number of nitrogens with zero attached hydrogens (tertiary/aromatic N) is 1. The number of hydrogen-bond acceptors (Lipinski definition) is 3. The number of carbonyl (C=O) groups is 2. The normalized spacial score (nSPS) is 13.8. The minimum atomic E-state index is -0.777. The molecule has 0 aromatic heterocycles. The summed E-state index contributed by atoms with van der Waals surface area (Å²) >= 11 is 0. The third-order valence-electron chi connectivity index (χ3n) is 5.42. The molecule has 5 heteroatoms. The number of para-hydroxylation sites is 1. The van der Waals surface area contributed by atoms with Crippen LogP contribution in [0.25, 0.3) is 0 Å². The smallest absolute Gasteiger partial charge is 0.258 e. The van der Waals surface area contributed by atoms with E-state index in [1.807, 2.05) is 79.7 Å². The predicted molar refractivity (Wildman–Crippen MR) is 121 cm³/mol. The number of anilines is 1. The van der Waals surface area contributed by atoms with Gasteiger partial charge in [-0.25, -0.2) is 0 Å². The van der Waals surface area contributed by atoms with Gasteiger partial charge in [0.1, 0.15) is 11.8 Å². The first kappa shape index (κ1) is 20.7. The Balaban J connectivity index is 1.53. The second-order valence-corrected chi connectivity index (χ2v) is 7.74. The zero-order valence-electron chi connectivity index (χ0n) is 17.6. The second-order valence-electron chi connectivity index (χ2n) is 7.74. The summed E-state index contributed by atoms with van der Waals surface area (Å²) in [7, 11) is 0. The monoisotopic (exact) mass is 414 g/mol. The van der Waals surface area contributed by atoms with Crippen molar-refractivity contribution in [3.8, 4) is 5.75 Å². The first-order valence-corrected chi connectivity index (χ1v) is 10.5. The lowest BCUT2D eigenvalue weighted by Crippen LogP contribution is -2.46. The van der Waals surface area contributed by atoms with Crippen molar-refractivity contribution in [2.75, 3.05) is 18.1 Å². The fourth-order valence-electron chi connectivity index (χ4n) is 3.91. The minimum absolute atomic E-state index is 0.137. The van der Waals surface area contributed by atoms with Gasteiger partial charge in [0.2, 0.25) is 0 Å². The Labute approximate surface area is 182 Å². The van der Waals surface area contributed by atoms with Gasteiger partial charge >= 0.3 is 0 Å². The summed E-state index contributed by atoms with van der Waals surface area (Å²) in [6.07, 6.45) is 1.85. The van der Waals surface area contributed by atoms with Crippen molar-refractivity contribution in [3.05, 3.63) is 95.6 Å². The Hall–Kier alpha value is -3.60. The predicted octanol–water partition coefficient (Wildman–Crippen LogP) is 4.21. The minimum Gasteiger partial charge on any atom is -0.484 e. The van der Waals surface area contributed by atoms with Crippen LogP contribution < -0.4 is 15.0 Å². The number of fused-ring (bicyclic) bond motifs is 1. The number of amides is 2. The first-order valence-electron chi connectivity index (χ1n) is 10.5. The highest BCUT2D eigenvalue weighted by molar-refractivity contribution is 6.00. The Bertz CT molecular complexity index is 1070. The van der Waals surface area contributed by atoms with E-state index in [0.717, 1.165) is 35.2 Å². The highest BCUT2D eigenvalue weighted by atomic mass is 16.5. The van der Waals surface area contributed by atoms with Gasteiger partial charge < -0.3 is 15.0 Å². The number of benzene rings is 3. The lowest BCUT2D eigenvalue weighted by molar-refractivity contribution is -0.129. The molecule has 0 bridgehead atoms. The summed E-state index contributed by atoms with van der Waals surface area (Å²) in [4.78, 5) is 28.1. The molecule has 0 spiro atoms. The summed E-state index contributed by atoms with van der Waals surface area (Å²) in [6, 6.07) is 24.1. The molecule has 0 radical (unpaired) electrons. The van der Waals surface area contributed by atoms with Crippen molar-refractivity contribution in [3.63, 3.8) is 0 Å². The molecule has 1 unspecified atom stereocenters. The molecule has 0 fully saturated rings. The van der Waals surface area contributed by atoms with Gasteiger partial charge in [-0.3, -0.25) is 9.59 Å². The maximum atomic E-state index is 13.6. The van der Waals surface area contributed by atoms with Crippen molar-refractivity contribution >= 4 is 17.5 Å². The molecule has 158 valence electrons. The molecular formula is C26H26N2O3. The Morgan fingerprint density at radius 2 is 1.77 bits per heavy atom. The van der Waals surface area contributed by atoms with E-state index in [4.69, 9.17) is 4.74 Å². The Kier molecular flexibility index (Phi) is 6.32. The molecule has 0 aliphatic carbocycles. The van der Waals surface area contributed by atoms with Gasteiger partial charge in [0.25, 0.3) is 11.8 Å². The van der Waals surface area contributed by atoms with Crippen molar-refractivity contribution in [2.24, 2.45) is 0 Å². The molecule has 31 heavy (non-hydrogen) atoms. The van der Waals surface area contributed by atoms with Crippen LogP contribution in [0, 0.1) is 6.92 Å². The fourth-order valence-corrected chi connectivity index (χ4v) is 3.91. The third kappa shape index (κ3) is 4.94. The third-order valence-corrected chi connectivity index (χ3v) is 5.42. The molecule has 2 amide bonds. The van der Waals surface area contributed by atoms with Crippen LogP contribution in [-0.2, 0) is 16.0 Å². The average molecular weight is 415 g/mol. The quantitative estimate of drug-likeness (QED) is 0.657. The second kappa shape index (κ2) is 9.47. The lowest BCUT2D eigenvalue weighted by atomic mass is 9.99. The maximum absolute atomic E-state index is 13.6. The van der Waals surface area contributed by atoms with Gasteiger partial charge in [0.15, 0.2) is 6.61 Å². The zero-order chi connectivity index (χ0) is 21.6. The van der Waals surface area contributed by atoms with Crippen molar-refractivity contribution in [1.29, 1.82) is 0 Å². The van der Waals surface area contributed by atoms with Gasteiger partial charge in [0.05, 0.1) is 0 Å². The lowest BCUT2D eigenvalue weighted by Gasteiger charge is -2.32. The fraction of sp³-hybridized carbons (Fsp3) is 0.231. The van der Waals surface area contributed by atoms with Crippen molar-refractivity contribution < 1.29 is 14.3 Å². The van der Waals surface area contributed by atoms with Gasteiger partial charge in [-0.15, -0.1) is 0 Å². The van der Waals surface area contributed by atoms with Crippen LogP contribution in [-0.4, -0.2) is 25.0 Å². The van der Waals surface area contributed by atoms with E-state index in [0.29, 0.717) is 12.3 Å². The molecule has 0 saturated heterocycles. The molecular weight excluding hydrogens is 388 g/mol. The molecule has 1 aliphatic rings. The Morgan fingerprint density at radius 3 is 2.58 bits per heavy atom. The summed E-state index contributed by atoms with van der Waals surface area (Å²) in [6.45, 7) is 2.44. The van der Waals surface area contributed by atoms with E-state index in [1.165, 1.54) is 0 Å². The van der Waals surface area contributed by atoms with Crippen LogP contribution in [0.5, 0.6) is 5.75 Å². The van der Waals surface area contributed by atoms with E-state index in [1.54, 1.807) is 4.90 Å². The highest BCUT2D eigenvalue weighted by Gasteiger charge is 2.30. The number of ether oxygens (including phenoxy) is 1. The highest BCUT2D eigenvalue weighted by Crippen LogP contribution is 2.29. The van der Waals surface area contributed by atoms with E-state index in [2.05, 4.69) is 11.4 Å². The molecule has 3 aromatic rings. The van der Waals surface area contributed by atoms with Gasteiger partial charge in [0, 0.05) is 12.2 Å². The first-order chi connectivity index (χ1) is 15.1. The standard InChI is InChI=1S/C26H26N2O3/c1-19-9-7-14-22(17-19)31-18-24(29)27-25(21-11-3-2-4-12-21)26(30)28-16-8-13-20-10-5-6-15-23(20)28/h2-7,9-12,14-15,17,25H,8,13,16,18H2,1H3,(H,27,29). The van der Waals surface area contributed by atoms with Crippen LogP contribution in [0.3, 0.4) is 0 Å². The molecule has 1 atom stereocenters. The number of aryl methyl sites for hydroxylation is 2. The van der Waals surface area contributed by atoms with Crippen molar-refractivity contribution in [1.82, 2.24) is 5.32 Å². The van der Waals surface area contributed by atoms with E-state index >= 15 is 0 Å². The molecule has 1 aliphatic heterocycles. The number of carbonyl (C=O) groups excluding carboxylic acids is 2. The molecule has 5 nitrogen and oxygen atoms in total. The van der Waals surface area contributed by atoms with E-state index in [9.17, 15) is 9.59 Å². The summed E-state index contributed by atoms with van der Waals surface area (Å²) < 4.78 is 5.63. The zero-order valence-corrected chi connectivity index (χ0v) is 17.6. The summed E-state index contributed by atoms with van der Waals surface area (Å²) in [5.41, 5.74) is 3.88. The van der Waals surface area contributed by atoms with Crippen LogP contribution in [0.4, 0.5) is 5.69 Å². The van der Waals surface area contributed by atoms with Gasteiger partial charge in [-0.2, -0.15) is 0 Å². The van der Waals surface area contributed by atoms with Gasteiger partial charge in [-0.05, 0) is 54.7 Å². The average Bonchev–Trinajstić information content (AvgIpc) is 2.81. The van der Waals surface area contributed by atoms with Gasteiger partial charge in [-0.1, -0.05) is 60.7 Å². The number of nitrogens with one attached hydrogen (secondary N) is 1. The molecule has 0 saturated carbocycles. The Morgan fingerprint density at radius 1 is 1.00 bits per heavy atom. The van der Waals surface area contributed by atoms with Crippen LogP contribution in [0.2, 0.25) is 0 Å². The molecule has 3 aromatic carbocycles. The number of rotatable bonds is 6. The number of hydrogen-bond donors (Lipinski definition) is 1. The summed E-state index contributed by atoms with van der Waals surface area (Å²) in [5, 5.41) is 2.89. The molecule has 1 N–H and O–H groups in total. The van der Waals surface area contributed by atoms with Crippen LogP contribution in [0.15, 0.2) is 78.9 Å². The summed E-state index contributed by atoms with van der Waals surface area (Å²) in [5.74, 6) is 0.152. The topological polar surface area (TPSA) is 58.6 Å². The molecule has 1 heterocycles. The maximum Gasteiger partial charge on any atom is 0.258 e. The van der Waals surface area contributed by atoms with E-state index < -0.39 is 6.04 Å². The largest absolute Gasteiger partial charge is 0.484 e.